The number of amides is 1. The van der Waals surface area contributed by atoms with Crippen molar-refractivity contribution in [1.29, 1.82) is 0 Å². The Balaban J connectivity index is 1.58. The van der Waals surface area contributed by atoms with Gasteiger partial charge in [-0.15, -0.1) is 0 Å². The van der Waals surface area contributed by atoms with Gasteiger partial charge >= 0.3 is 0 Å². The van der Waals surface area contributed by atoms with Crippen LogP contribution in [0.25, 0.3) is 0 Å². The third-order valence-corrected chi connectivity index (χ3v) is 7.51. The fraction of sp³-hybridized carbons (Fsp3) is 0.273. The topological polar surface area (TPSA) is 84.3 Å². The highest BCUT2D eigenvalue weighted by molar-refractivity contribution is 7.89. The van der Waals surface area contributed by atoms with Crippen LogP contribution in [0.1, 0.15) is 17.0 Å². The molecule has 1 aliphatic heterocycles. The van der Waals surface area contributed by atoms with Gasteiger partial charge in [-0.25, -0.2) is 17.8 Å². The molecule has 0 spiro atoms. The number of nitrogens with zero attached hydrogens (tertiary/aromatic N) is 3. The van der Waals surface area contributed by atoms with Crippen molar-refractivity contribution in [1.82, 2.24) is 19.2 Å². The van der Waals surface area contributed by atoms with Crippen LogP contribution in [0.3, 0.4) is 0 Å². The molecule has 168 valence electrons. The van der Waals surface area contributed by atoms with E-state index in [0.717, 1.165) is 5.56 Å². The first-order valence-electron chi connectivity index (χ1n) is 10.00. The average Bonchev–Trinajstić information content (AvgIpc) is 3.40. The minimum absolute atomic E-state index is 0.00231. The molecule has 4 rings (SSSR count). The first-order valence-corrected chi connectivity index (χ1v) is 11.8. The second-order valence-electron chi connectivity index (χ2n) is 7.81. The summed E-state index contributed by atoms with van der Waals surface area (Å²) in [6, 6.07) is 12.9. The summed E-state index contributed by atoms with van der Waals surface area (Å²) in [5, 5.41) is 3.38. The van der Waals surface area contributed by atoms with Crippen molar-refractivity contribution in [3.05, 3.63) is 83.0 Å². The van der Waals surface area contributed by atoms with Crippen molar-refractivity contribution in [3.63, 3.8) is 0 Å². The molecule has 0 unspecified atom stereocenters. The lowest BCUT2D eigenvalue weighted by Gasteiger charge is -2.18. The number of sulfonamides is 1. The molecular formula is C22H22ClFN4O3S. The van der Waals surface area contributed by atoms with E-state index in [1.165, 1.54) is 29.0 Å². The zero-order valence-corrected chi connectivity index (χ0v) is 18.9. The lowest BCUT2D eigenvalue weighted by molar-refractivity contribution is -0.125. The number of imidazole rings is 1. The van der Waals surface area contributed by atoms with Crippen LogP contribution in [0, 0.1) is 11.7 Å². The smallest absolute Gasteiger partial charge is 0.262 e. The zero-order valence-electron chi connectivity index (χ0n) is 17.3. The van der Waals surface area contributed by atoms with E-state index in [4.69, 9.17) is 11.6 Å². The molecule has 0 radical (unpaired) electrons. The molecule has 1 N–H and O–H groups in total. The number of halogens is 2. The minimum atomic E-state index is -3.88. The highest BCUT2D eigenvalue weighted by Crippen LogP contribution is 2.36. The van der Waals surface area contributed by atoms with E-state index in [1.54, 1.807) is 41.9 Å². The summed E-state index contributed by atoms with van der Waals surface area (Å²) in [4.78, 5) is 17.1. The zero-order chi connectivity index (χ0) is 22.9. The maximum absolute atomic E-state index is 13.5. The summed E-state index contributed by atoms with van der Waals surface area (Å²) in [5.74, 6) is -1.74. The predicted octanol–water partition coefficient (Wildman–Crippen LogP) is 2.93. The number of aryl methyl sites for hydroxylation is 1. The third-order valence-electron chi connectivity index (χ3n) is 5.56. The molecule has 1 fully saturated rings. The molecule has 0 aliphatic carbocycles. The second kappa shape index (κ2) is 9.01. The molecule has 7 nitrogen and oxygen atoms in total. The van der Waals surface area contributed by atoms with Crippen molar-refractivity contribution in [3.8, 4) is 0 Å². The summed E-state index contributed by atoms with van der Waals surface area (Å²) in [6.45, 7) is 0.362. The van der Waals surface area contributed by atoms with Crippen molar-refractivity contribution in [2.45, 2.75) is 17.5 Å². The van der Waals surface area contributed by atoms with Crippen molar-refractivity contribution in [2.75, 3.05) is 13.1 Å². The molecule has 2 atom stereocenters. The highest BCUT2D eigenvalue weighted by Gasteiger charge is 2.44. The predicted molar refractivity (Wildman–Crippen MR) is 118 cm³/mol. The Hall–Kier alpha value is -2.75. The highest BCUT2D eigenvalue weighted by atomic mass is 35.5. The summed E-state index contributed by atoms with van der Waals surface area (Å²) >= 11 is 6.01. The number of carbonyl (C=O) groups is 1. The van der Waals surface area contributed by atoms with Crippen LogP contribution in [0.5, 0.6) is 0 Å². The Morgan fingerprint density at radius 3 is 2.62 bits per heavy atom. The number of nitrogens with one attached hydrogen (secondary N) is 1. The third kappa shape index (κ3) is 4.69. The van der Waals surface area contributed by atoms with E-state index in [-0.39, 0.29) is 30.6 Å². The molecule has 32 heavy (non-hydrogen) atoms. The molecule has 0 bridgehead atoms. The molecule has 1 saturated heterocycles. The number of rotatable bonds is 6. The van der Waals surface area contributed by atoms with E-state index in [9.17, 15) is 17.6 Å². The average molecular weight is 477 g/mol. The number of hydrogen-bond donors (Lipinski definition) is 1. The monoisotopic (exact) mass is 476 g/mol. The Morgan fingerprint density at radius 2 is 1.97 bits per heavy atom. The van der Waals surface area contributed by atoms with E-state index < -0.39 is 27.7 Å². The summed E-state index contributed by atoms with van der Waals surface area (Å²) in [6.07, 6.45) is 2.84. The fourth-order valence-electron chi connectivity index (χ4n) is 3.90. The van der Waals surface area contributed by atoms with Crippen LogP contribution in [-0.2, 0) is 28.4 Å². The number of aromatic nitrogens is 2. The first kappa shape index (κ1) is 22.4. The van der Waals surface area contributed by atoms with Gasteiger partial charge < -0.3 is 9.88 Å². The summed E-state index contributed by atoms with van der Waals surface area (Å²) in [7, 11) is -2.19. The SMILES string of the molecule is Cn1cnc(S(=O)(=O)N2C[C@H](C(=O)NCc3cccc(Cl)c3)[C@@H](c3ccc(F)cc3)C2)c1. The van der Waals surface area contributed by atoms with Gasteiger partial charge in [0.2, 0.25) is 5.91 Å². The molecule has 10 heteroatoms. The lowest BCUT2D eigenvalue weighted by Crippen LogP contribution is -2.35. The van der Waals surface area contributed by atoms with Gasteiger partial charge in [-0.1, -0.05) is 35.9 Å². The van der Waals surface area contributed by atoms with Gasteiger partial charge in [0, 0.05) is 43.8 Å². The van der Waals surface area contributed by atoms with Gasteiger partial charge in [0.1, 0.15) is 5.82 Å². The van der Waals surface area contributed by atoms with Gasteiger partial charge in [-0.3, -0.25) is 4.79 Å². The molecule has 2 aromatic carbocycles. The molecule has 1 amide bonds. The Labute approximate surface area is 190 Å². The number of carbonyl (C=O) groups excluding carboxylic acids is 1. The molecule has 1 aromatic heterocycles. The number of benzene rings is 2. The fourth-order valence-corrected chi connectivity index (χ4v) is 5.57. The standard InChI is InChI=1S/C22H22ClFN4O3S/c1-27-13-21(26-14-27)32(30,31)28-11-19(16-5-7-18(24)8-6-16)20(12-28)22(29)25-10-15-3-2-4-17(23)9-15/h2-9,13-14,19-20H,10-12H2,1H3,(H,25,29)/t19-,20+/m1/s1. The van der Waals surface area contributed by atoms with Gasteiger partial charge in [-0.2, -0.15) is 4.31 Å². The minimum Gasteiger partial charge on any atom is -0.352 e. The van der Waals surface area contributed by atoms with Gasteiger partial charge in [0.05, 0.1) is 12.2 Å². The molecule has 0 saturated carbocycles. The first-order chi connectivity index (χ1) is 15.2. The summed E-state index contributed by atoms with van der Waals surface area (Å²) in [5.41, 5.74) is 1.54. The van der Waals surface area contributed by atoms with Crippen molar-refractivity contribution in [2.24, 2.45) is 13.0 Å². The van der Waals surface area contributed by atoms with Gasteiger partial charge in [0.25, 0.3) is 10.0 Å². The van der Waals surface area contributed by atoms with Crippen molar-refractivity contribution >= 4 is 27.5 Å². The summed E-state index contributed by atoms with van der Waals surface area (Å²) < 4.78 is 42.5. The van der Waals surface area contributed by atoms with Gasteiger partial charge in [0.15, 0.2) is 5.03 Å². The number of hydrogen-bond acceptors (Lipinski definition) is 4. The van der Waals surface area contributed by atoms with Crippen LogP contribution < -0.4 is 5.32 Å². The Kier molecular flexibility index (Phi) is 6.32. The van der Waals surface area contributed by atoms with E-state index in [1.807, 2.05) is 6.07 Å². The largest absolute Gasteiger partial charge is 0.352 e. The molecule has 3 aromatic rings. The lowest BCUT2D eigenvalue weighted by atomic mass is 9.88. The van der Waals surface area contributed by atoms with Crippen molar-refractivity contribution < 1.29 is 17.6 Å². The quantitative estimate of drug-likeness (QED) is 0.593. The van der Waals surface area contributed by atoms with Gasteiger partial charge in [-0.05, 0) is 35.4 Å². The second-order valence-corrected chi connectivity index (χ2v) is 10.1. The van der Waals surface area contributed by atoms with Crippen LogP contribution >= 0.6 is 11.6 Å². The maximum atomic E-state index is 13.5. The molecule has 2 heterocycles. The van der Waals surface area contributed by atoms with E-state index in [0.29, 0.717) is 10.6 Å². The van der Waals surface area contributed by atoms with Crippen LogP contribution in [0.15, 0.2) is 66.1 Å². The normalized spacial score (nSPS) is 19.2. The molecular weight excluding hydrogens is 455 g/mol. The van der Waals surface area contributed by atoms with Crippen LogP contribution in [0.2, 0.25) is 5.02 Å². The Morgan fingerprint density at radius 1 is 1.22 bits per heavy atom. The van der Waals surface area contributed by atoms with Crippen LogP contribution in [-0.4, -0.2) is 41.3 Å². The molecule has 1 aliphatic rings. The van der Waals surface area contributed by atoms with E-state index >= 15 is 0 Å². The Bertz CT molecular complexity index is 1230. The maximum Gasteiger partial charge on any atom is 0.262 e. The van der Waals surface area contributed by atoms with E-state index in [2.05, 4.69) is 10.3 Å². The van der Waals surface area contributed by atoms with Crippen LogP contribution in [0.4, 0.5) is 4.39 Å².